The van der Waals surface area contributed by atoms with Gasteiger partial charge in [-0.15, -0.1) is 10.2 Å². The van der Waals surface area contributed by atoms with Gasteiger partial charge in [0.05, 0.1) is 0 Å². The van der Waals surface area contributed by atoms with Gasteiger partial charge < -0.3 is 0 Å². The number of hydrogen-bond donors (Lipinski definition) is 0. The van der Waals surface area contributed by atoms with E-state index >= 15 is 0 Å². The average molecular weight is 258 g/mol. The Balaban J connectivity index is 1.77. The molecule has 0 N–H and O–H groups in total. The van der Waals surface area contributed by atoms with Gasteiger partial charge in [-0.05, 0) is 24.3 Å². The lowest BCUT2D eigenvalue weighted by atomic mass is 9.83. The van der Waals surface area contributed by atoms with Gasteiger partial charge in [-0.25, -0.2) is 0 Å². The van der Waals surface area contributed by atoms with Crippen LogP contribution in [-0.2, 0) is 4.79 Å². The van der Waals surface area contributed by atoms with E-state index in [2.05, 4.69) is 34.5 Å². The smallest absolute Gasteiger partial charge is 0.147 e. The molecule has 1 aliphatic carbocycles. The third-order valence-corrected chi connectivity index (χ3v) is 4.27. The van der Waals surface area contributed by atoms with Crippen molar-refractivity contribution in [3.8, 4) is 10.6 Å². The maximum absolute atomic E-state index is 11.2. The van der Waals surface area contributed by atoms with Crippen LogP contribution in [0.25, 0.3) is 10.6 Å². The van der Waals surface area contributed by atoms with Crippen LogP contribution in [0.3, 0.4) is 0 Å². The van der Waals surface area contributed by atoms with Gasteiger partial charge in [-0.2, -0.15) is 0 Å². The molecule has 0 unspecified atom stereocenters. The molecule has 0 amide bonds. The predicted octanol–water partition coefficient (Wildman–Crippen LogP) is 3.43. The van der Waals surface area contributed by atoms with Crippen molar-refractivity contribution in [3.05, 3.63) is 35.3 Å². The molecule has 3 rings (SSSR count). The maximum atomic E-state index is 11.2. The molecule has 18 heavy (non-hydrogen) atoms. The molecule has 2 aromatic rings. The Bertz CT molecular complexity index is 523. The van der Waals surface area contributed by atoms with E-state index in [-0.39, 0.29) is 0 Å². The summed E-state index contributed by atoms with van der Waals surface area (Å²) in [6.45, 7) is 0. The average Bonchev–Trinajstić information content (AvgIpc) is 2.94. The Morgan fingerprint density at radius 1 is 1.11 bits per heavy atom. The molecule has 3 nitrogen and oxygen atoms in total. The molecule has 1 aliphatic rings. The lowest BCUT2D eigenvalue weighted by molar-refractivity contribution is -0.120. The van der Waals surface area contributed by atoms with E-state index in [1.54, 1.807) is 16.8 Å². The van der Waals surface area contributed by atoms with E-state index < -0.39 is 0 Å². The highest BCUT2D eigenvalue weighted by Gasteiger charge is 2.20. The Hall–Kier alpha value is -1.55. The fraction of sp³-hybridized carbons (Fsp3) is 0.357. The molecule has 0 saturated heterocycles. The molecule has 0 spiro atoms. The van der Waals surface area contributed by atoms with Crippen molar-refractivity contribution in [1.82, 2.24) is 10.2 Å². The summed E-state index contributed by atoms with van der Waals surface area (Å²) in [5.74, 6) is 0.961. The molecular formula is C14H14N2OS. The van der Waals surface area contributed by atoms with Crippen molar-refractivity contribution in [2.45, 2.75) is 31.6 Å². The van der Waals surface area contributed by atoms with Gasteiger partial charge in [-0.3, -0.25) is 4.79 Å². The molecule has 0 radical (unpaired) electrons. The van der Waals surface area contributed by atoms with Crippen LogP contribution in [0.1, 0.15) is 37.2 Å². The molecule has 1 fully saturated rings. The summed E-state index contributed by atoms with van der Waals surface area (Å²) < 4.78 is 0. The Morgan fingerprint density at radius 2 is 1.83 bits per heavy atom. The lowest BCUT2D eigenvalue weighted by Crippen LogP contribution is -2.12. The molecule has 92 valence electrons. The van der Waals surface area contributed by atoms with E-state index in [4.69, 9.17) is 0 Å². The lowest BCUT2D eigenvalue weighted by Gasteiger charge is -2.21. The number of aromatic nitrogens is 2. The van der Waals surface area contributed by atoms with E-state index in [9.17, 15) is 4.79 Å². The molecule has 1 aromatic heterocycles. The number of Topliss-reactive ketones (excluding diaryl/α,β-unsaturated/α-hetero) is 1. The first-order chi connectivity index (χ1) is 8.83. The standard InChI is InChI=1S/C14H14N2OS/c17-13-7-5-11(6-8-13)10-1-3-12(4-2-10)14-16-15-9-18-14/h1-4,9,11H,5-8H2. The van der Waals surface area contributed by atoms with Gasteiger partial charge in [0.1, 0.15) is 16.3 Å². The maximum Gasteiger partial charge on any atom is 0.147 e. The summed E-state index contributed by atoms with van der Waals surface area (Å²) in [7, 11) is 0. The van der Waals surface area contributed by atoms with Crippen LogP contribution in [-0.4, -0.2) is 16.0 Å². The van der Waals surface area contributed by atoms with Gasteiger partial charge >= 0.3 is 0 Å². The minimum absolute atomic E-state index is 0.414. The fourth-order valence-electron chi connectivity index (χ4n) is 2.47. The number of carbonyl (C=O) groups excluding carboxylic acids is 1. The van der Waals surface area contributed by atoms with Crippen molar-refractivity contribution in [1.29, 1.82) is 0 Å². The normalized spacial score (nSPS) is 17.0. The summed E-state index contributed by atoms with van der Waals surface area (Å²) in [6, 6.07) is 8.53. The molecular weight excluding hydrogens is 244 g/mol. The summed E-state index contributed by atoms with van der Waals surface area (Å²) >= 11 is 1.55. The number of nitrogens with zero attached hydrogens (tertiary/aromatic N) is 2. The number of hydrogen-bond acceptors (Lipinski definition) is 4. The van der Waals surface area contributed by atoms with Crippen molar-refractivity contribution >= 4 is 17.1 Å². The second-order valence-electron chi connectivity index (χ2n) is 4.68. The highest BCUT2D eigenvalue weighted by atomic mass is 32.1. The monoisotopic (exact) mass is 258 g/mol. The molecule has 1 aromatic carbocycles. The quantitative estimate of drug-likeness (QED) is 0.828. The predicted molar refractivity (Wildman–Crippen MR) is 71.6 cm³/mol. The summed E-state index contributed by atoms with van der Waals surface area (Å²) in [4.78, 5) is 11.2. The van der Waals surface area contributed by atoms with E-state index in [0.717, 1.165) is 36.3 Å². The van der Waals surface area contributed by atoms with Crippen LogP contribution in [0.15, 0.2) is 29.8 Å². The zero-order valence-electron chi connectivity index (χ0n) is 10.0. The van der Waals surface area contributed by atoms with Crippen molar-refractivity contribution < 1.29 is 4.79 Å². The van der Waals surface area contributed by atoms with Gasteiger partial charge in [0.2, 0.25) is 0 Å². The number of benzene rings is 1. The minimum atomic E-state index is 0.414. The fourth-order valence-corrected chi connectivity index (χ4v) is 3.03. The van der Waals surface area contributed by atoms with Crippen LogP contribution < -0.4 is 0 Å². The van der Waals surface area contributed by atoms with Gasteiger partial charge in [0, 0.05) is 18.4 Å². The molecule has 0 aliphatic heterocycles. The molecule has 0 atom stereocenters. The first kappa shape index (κ1) is 11.5. The first-order valence-electron chi connectivity index (χ1n) is 6.21. The number of rotatable bonds is 2. The largest absolute Gasteiger partial charge is 0.300 e. The van der Waals surface area contributed by atoms with Gasteiger partial charge in [-0.1, -0.05) is 35.6 Å². The van der Waals surface area contributed by atoms with E-state index in [1.807, 2.05) is 0 Å². The number of carbonyl (C=O) groups is 1. The molecule has 1 heterocycles. The minimum Gasteiger partial charge on any atom is -0.300 e. The van der Waals surface area contributed by atoms with Crippen molar-refractivity contribution in [2.24, 2.45) is 0 Å². The zero-order chi connectivity index (χ0) is 12.4. The highest BCUT2D eigenvalue weighted by molar-refractivity contribution is 7.12. The Labute approximate surface area is 110 Å². The van der Waals surface area contributed by atoms with Gasteiger partial charge in [0.25, 0.3) is 0 Å². The van der Waals surface area contributed by atoms with Crippen molar-refractivity contribution in [3.63, 3.8) is 0 Å². The van der Waals surface area contributed by atoms with Crippen LogP contribution in [0.4, 0.5) is 0 Å². The first-order valence-corrected chi connectivity index (χ1v) is 7.09. The van der Waals surface area contributed by atoms with Crippen LogP contribution in [0, 0.1) is 0 Å². The van der Waals surface area contributed by atoms with E-state index in [0.29, 0.717) is 11.7 Å². The van der Waals surface area contributed by atoms with Crippen LogP contribution in [0.2, 0.25) is 0 Å². The van der Waals surface area contributed by atoms with Crippen molar-refractivity contribution in [2.75, 3.05) is 0 Å². The SMILES string of the molecule is O=C1CCC(c2ccc(-c3nncs3)cc2)CC1. The summed E-state index contributed by atoms with van der Waals surface area (Å²) in [6.07, 6.45) is 3.47. The second kappa shape index (κ2) is 4.98. The van der Waals surface area contributed by atoms with Crippen LogP contribution >= 0.6 is 11.3 Å². The zero-order valence-corrected chi connectivity index (χ0v) is 10.8. The summed E-state index contributed by atoms with van der Waals surface area (Å²) in [5.41, 5.74) is 4.21. The highest BCUT2D eigenvalue weighted by Crippen LogP contribution is 2.32. The number of ketones is 1. The molecule has 1 saturated carbocycles. The van der Waals surface area contributed by atoms with E-state index in [1.165, 1.54) is 5.56 Å². The second-order valence-corrected chi connectivity index (χ2v) is 5.51. The summed E-state index contributed by atoms with van der Waals surface area (Å²) in [5, 5.41) is 8.87. The van der Waals surface area contributed by atoms with Crippen LogP contribution in [0.5, 0.6) is 0 Å². The third-order valence-electron chi connectivity index (χ3n) is 3.53. The molecule has 0 bridgehead atoms. The topological polar surface area (TPSA) is 42.9 Å². The van der Waals surface area contributed by atoms with Gasteiger partial charge in [0.15, 0.2) is 0 Å². The Morgan fingerprint density at radius 3 is 2.44 bits per heavy atom. The Kier molecular flexibility index (Phi) is 3.19. The third kappa shape index (κ3) is 2.34. The molecule has 4 heteroatoms.